The number of carbonyl (C=O) groups is 1. The average Bonchev–Trinajstić information content (AvgIpc) is 2.69. The second-order valence-electron chi connectivity index (χ2n) is 3.97. The molecule has 94 valence electrons. The first-order chi connectivity index (χ1) is 8.52. The molecule has 0 amide bonds. The summed E-state index contributed by atoms with van der Waals surface area (Å²) in [5.41, 5.74) is 2.50. The summed E-state index contributed by atoms with van der Waals surface area (Å²) in [6.45, 7) is 3.58. The van der Waals surface area contributed by atoms with E-state index in [1.54, 1.807) is 13.0 Å². The molecule has 0 N–H and O–H groups in total. The lowest BCUT2D eigenvalue weighted by Crippen LogP contribution is -2.03. The van der Waals surface area contributed by atoms with Crippen LogP contribution in [0.4, 0.5) is 0 Å². The van der Waals surface area contributed by atoms with Gasteiger partial charge in [-0.1, -0.05) is 16.8 Å². The van der Waals surface area contributed by atoms with E-state index in [1.165, 1.54) is 7.11 Å². The van der Waals surface area contributed by atoms with Gasteiger partial charge in [-0.2, -0.15) is 0 Å². The largest absolute Gasteiger partial charge is 0.465 e. The molecule has 18 heavy (non-hydrogen) atoms. The number of nitrogens with zero attached hydrogens (tertiary/aromatic N) is 1. The van der Waals surface area contributed by atoms with Gasteiger partial charge >= 0.3 is 5.97 Å². The Morgan fingerprint density at radius 2 is 2.06 bits per heavy atom. The summed E-state index contributed by atoms with van der Waals surface area (Å²) in [6.07, 6.45) is 0. The van der Waals surface area contributed by atoms with Gasteiger partial charge in [-0.25, -0.2) is 4.79 Å². The smallest absolute Gasteiger partial charge is 0.343 e. The van der Waals surface area contributed by atoms with E-state index < -0.39 is 5.97 Å². The van der Waals surface area contributed by atoms with Crippen molar-refractivity contribution in [1.82, 2.24) is 5.16 Å². The number of aryl methyl sites for hydroxylation is 2. The van der Waals surface area contributed by atoms with Gasteiger partial charge in [-0.15, -0.1) is 0 Å². The van der Waals surface area contributed by atoms with Crippen molar-refractivity contribution < 1.29 is 14.1 Å². The maximum atomic E-state index is 11.7. The third-order valence-corrected chi connectivity index (χ3v) is 2.79. The second-order valence-corrected chi connectivity index (χ2v) is 4.41. The fourth-order valence-corrected chi connectivity index (χ4v) is 2.07. The summed E-state index contributed by atoms with van der Waals surface area (Å²) in [7, 11) is 1.32. The Morgan fingerprint density at radius 3 is 2.67 bits per heavy atom. The van der Waals surface area contributed by atoms with E-state index in [2.05, 4.69) is 5.16 Å². The summed E-state index contributed by atoms with van der Waals surface area (Å²) in [5, 5.41) is 4.49. The number of carbonyl (C=O) groups excluding carboxylic acids is 1. The van der Waals surface area contributed by atoms with Gasteiger partial charge in [0.2, 0.25) is 0 Å². The highest BCUT2D eigenvalue weighted by Gasteiger charge is 2.22. The molecule has 0 saturated carbocycles. The average molecular weight is 266 g/mol. The maximum Gasteiger partial charge on any atom is 0.343 e. The molecule has 1 aromatic heterocycles. The van der Waals surface area contributed by atoms with Crippen LogP contribution >= 0.6 is 11.6 Å². The highest BCUT2D eigenvalue weighted by Crippen LogP contribution is 2.28. The molecule has 0 bridgehead atoms. The van der Waals surface area contributed by atoms with Crippen molar-refractivity contribution in [3.8, 4) is 11.3 Å². The molecule has 0 unspecified atom stereocenters. The summed E-state index contributed by atoms with van der Waals surface area (Å²) >= 11 is 6.00. The lowest BCUT2D eigenvalue weighted by atomic mass is 10.0. The molecule has 1 heterocycles. The van der Waals surface area contributed by atoms with Crippen LogP contribution in [0.25, 0.3) is 11.3 Å². The van der Waals surface area contributed by atoms with E-state index in [-0.39, 0.29) is 0 Å². The topological polar surface area (TPSA) is 52.3 Å². The van der Waals surface area contributed by atoms with Gasteiger partial charge in [0.1, 0.15) is 17.0 Å². The number of esters is 1. The number of halogens is 1. The zero-order valence-corrected chi connectivity index (χ0v) is 11.0. The van der Waals surface area contributed by atoms with Gasteiger partial charge in [0.15, 0.2) is 0 Å². The molecule has 0 aliphatic rings. The zero-order chi connectivity index (χ0) is 13.3. The van der Waals surface area contributed by atoms with Crippen LogP contribution in [-0.4, -0.2) is 18.2 Å². The normalized spacial score (nSPS) is 10.4. The van der Waals surface area contributed by atoms with E-state index in [9.17, 15) is 4.79 Å². The Bertz CT molecular complexity index is 584. The van der Waals surface area contributed by atoms with Crippen molar-refractivity contribution >= 4 is 17.6 Å². The van der Waals surface area contributed by atoms with Crippen molar-refractivity contribution in [2.24, 2.45) is 0 Å². The quantitative estimate of drug-likeness (QED) is 0.781. The van der Waals surface area contributed by atoms with Crippen molar-refractivity contribution in [3.63, 3.8) is 0 Å². The zero-order valence-electron chi connectivity index (χ0n) is 10.3. The summed E-state index contributed by atoms with van der Waals surface area (Å²) in [5.74, 6) is -0.0455. The van der Waals surface area contributed by atoms with Crippen molar-refractivity contribution in [3.05, 3.63) is 40.1 Å². The van der Waals surface area contributed by atoms with Crippen LogP contribution in [0.5, 0.6) is 0 Å². The molecule has 2 rings (SSSR count). The Hall–Kier alpha value is -1.81. The third-order valence-electron chi connectivity index (χ3n) is 2.57. The number of hydrogen-bond acceptors (Lipinski definition) is 4. The van der Waals surface area contributed by atoms with E-state index in [0.29, 0.717) is 22.0 Å². The first kappa shape index (κ1) is 12.6. The van der Waals surface area contributed by atoms with Crippen molar-refractivity contribution in [2.45, 2.75) is 13.8 Å². The molecular formula is C13H12ClNO3. The minimum absolute atomic E-state index is 0.333. The molecule has 0 fully saturated rings. The van der Waals surface area contributed by atoms with Crippen LogP contribution in [0.3, 0.4) is 0 Å². The number of hydrogen-bond donors (Lipinski definition) is 0. The number of benzene rings is 1. The summed E-state index contributed by atoms with van der Waals surface area (Å²) in [6, 6.07) is 5.45. The number of ether oxygens (including phenoxy) is 1. The Morgan fingerprint density at radius 1 is 1.33 bits per heavy atom. The molecule has 5 heteroatoms. The fraction of sp³-hybridized carbons (Fsp3) is 0.231. The van der Waals surface area contributed by atoms with Gasteiger partial charge in [0, 0.05) is 10.6 Å². The third kappa shape index (κ3) is 2.24. The molecule has 4 nitrogen and oxygen atoms in total. The van der Waals surface area contributed by atoms with E-state index in [0.717, 1.165) is 11.1 Å². The summed E-state index contributed by atoms with van der Waals surface area (Å²) in [4.78, 5) is 11.7. The van der Waals surface area contributed by atoms with Crippen LogP contribution in [0.2, 0.25) is 5.02 Å². The minimum atomic E-state index is -0.471. The van der Waals surface area contributed by atoms with Crippen LogP contribution < -0.4 is 0 Å². The Balaban J connectivity index is 2.61. The van der Waals surface area contributed by atoms with Crippen LogP contribution in [-0.2, 0) is 4.74 Å². The highest BCUT2D eigenvalue weighted by atomic mass is 35.5. The predicted octanol–water partition coefficient (Wildman–Crippen LogP) is 3.40. The molecule has 1 aromatic carbocycles. The van der Waals surface area contributed by atoms with E-state index in [4.69, 9.17) is 20.9 Å². The second kappa shape index (κ2) is 4.82. The lowest BCUT2D eigenvalue weighted by Gasteiger charge is -2.03. The van der Waals surface area contributed by atoms with E-state index >= 15 is 0 Å². The van der Waals surface area contributed by atoms with Crippen LogP contribution in [0, 0.1) is 13.8 Å². The van der Waals surface area contributed by atoms with Crippen LogP contribution in [0.1, 0.15) is 21.7 Å². The minimum Gasteiger partial charge on any atom is -0.465 e. The molecule has 0 atom stereocenters. The Labute approximate surface area is 109 Å². The van der Waals surface area contributed by atoms with Gasteiger partial charge in [0.25, 0.3) is 0 Å². The number of rotatable bonds is 2. The molecule has 0 aliphatic carbocycles. The maximum absolute atomic E-state index is 11.7. The van der Waals surface area contributed by atoms with Crippen molar-refractivity contribution in [1.29, 1.82) is 0 Å². The lowest BCUT2D eigenvalue weighted by molar-refractivity contribution is 0.0599. The van der Waals surface area contributed by atoms with Gasteiger partial charge in [0.05, 0.1) is 7.11 Å². The van der Waals surface area contributed by atoms with Gasteiger partial charge in [-0.05, 0) is 37.6 Å². The SMILES string of the molecule is COC(=O)c1c(-c2cc(C)cc(Cl)c2)noc1C. The predicted molar refractivity (Wildman–Crippen MR) is 67.8 cm³/mol. The summed E-state index contributed by atoms with van der Waals surface area (Å²) < 4.78 is 9.78. The van der Waals surface area contributed by atoms with Crippen molar-refractivity contribution in [2.75, 3.05) is 7.11 Å². The highest BCUT2D eigenvalue weighted by molar-refractivity contribution is 6.31. The van der Waals surface area contributed by atoms with E-state index in [1.807, 2.05) is 19.1 Å². The molecule has 0 spiro atoms. The van der Waals surface area contributed by atoms with Crippen LogP contribution in [0.15, 0.2) is 22.7 Å². The molecule has 2 aromatic rings. The molecule has 0 aliphatic heterocycles. The monoisotopic (exact) mass is 265 g/mol. The first-order valence-corrected chi connectivity index (χ1v) is 5.73. The molecular weight excluding hydrogens is 254 g/mol. The van der Waals surface area contributed by atoms with Gasteiger partial charge in [-0.3, -0.25) is 0 Å². The standard InChI is InChI=1S/C13H12ClNO3/c1-7-4-9(6-10(14)5-7)12-11(13(16)17-3)8(2)18-15-12/h4-6H,1-3H3. The Kier molecular flexibility index (Phi) is 3.39. The molecule has 0 radical (unpaired) electrons. The fourth-order valence-electron chi connectivity index (χ4n) is 1.78. The van der Waals surface area contributed by atoms with Gasteiger partial charge < -0.3 is 9.26 Å². The molecule has 0 saturated heterocycles. The number of methoxy groups -OCH3 is 1. The number of aromatic nitrogens is 1. The first-order valence-electron chi connectivity index (χ1n) is 5.35.